The van der Waals surface area contributed by atoms with Crippen LogP contribution in [0.15, 0.2) is 44.7 Å². The van der Waals surface area contributed by atoms with Gasteiger partial charge in [0, 0.05) is 15.4 Å². The van der Waals surface area contributed by atoms with Crippen LogP contribution in [0.2, 0.25) is 0 Å². The van der Waals surface area contributed by atoms with Crippen LogP contribution < -0.4 is 5.32 Å². The van der Waals surface area contributed by atoms with Crippen molar-refractivity contribution < 1.29 is 9.18 Å². The SMILES string of the molecule is O=C(C=Cc1ccc(Br)s1)Nc1ccc(Br)cc1F. The molecule has 0 radical (unpaired) electrons. The van der Waals surface area contributed by atoms with Gasteiger partial charge in [0.15, 0.2) is 0 Å². The summed E-state index contributed by atoms with van der Waals surface area (Å²) < 4.78 is 15.1. The maximum atomic E-state index is 13.5. The van der Waals surface area contributed by atoms with Crippen LogP contribution in [-0.4, -0.2) is 5.91 Å². The maximum absolute atomic E-state index is 13.5. The number of carbonyl (C=O) groups is 1. The monoisotopic (exact) mass is 403 g/mol. The number of hydrogen-bond acceptors (Lipinski definition) is 2. The molecule has 0 saturated heterocycles. The third kappa shape index (κ3) is 4.26. The van der Waals surface area contributed by atoms with Crippen molar-refractivity contribution in [3.63, 3.8) is 0 Å². The van der Waals surface area contributed by atoms with Crippen LogP contribution in [0.5, 0.6) is 0 Å². The summed E-state index contributed by atoms with van der Waals surface area (Å²) in [6.45, 7) is 0. The zero-order valence-electron chi connectivity index (χ0n) is 9.49. The first kappa shape index (κ1) is 14.4. The van der Waals surface area contributed by atoms with Crippen LogP contribution in [0.25, 0.3) is 6.08 Å². The van der Waals surface area contributed by atoms with Gasteiger partial charge in [0.25, 0.3) is 0 Å². The molecule has 2 rings (SSSR count). The predicted molar refractivity (Wildman–Crippen MR) is 83.8 cm³/mol. The molecule has 0 aliphatic rings. The van der Waals surface area contributed by atoms with E-state index in [1.54, 1.807) is 12.1 Å². The molecule has 0 aliphatic carbocycles. The van der Waals surface area contributed by atoms with E-state index in [-0.39, 0.29) is 11.6 Å². The van der Waals surface area contributed by atoms with Gasteiger partial charge in [0.05, 0.1) is 9.47 Å². The third-order valence-corrected chi connectivity index (χ3v) is 4.26. The topological polar surface area (TPSA) is 29.1 Å². The Morgan fingerprint density at radius 1 is 1.26 bits per heavy atom. The van der Waals surface area contributed by atoms with Crippen molar-refractivity contribution in [2.75, 3.05) is 5.32 Å². The lowest BCUT2D eigenvalue weighted by Crippen LogP contribution is -2.09. The highest BCUT2D eigenvalue weighted by molar-refractivity contribution is 9.11. The van der Waals surface area contributed by atoms with Crippen molar-refractivity contribution in [2.45, 2.75) is 0 Å². The molecule has 0 saturated carbocycles. The lowest BCUT2D eigenvalue weighted by molar-refractivity contribution is -0.111. The number of thiophene rings is 1. The van der Waals surface area contributed by atoms with Crippen LogP contribution in [-0.2, 0) is 4.79 Å². The number of nitrogens with one attached hydrogen (secondary N) is 1. The number of rotatable bonds is 3. The van der Waals surface area contributed by atoms with Gasteiger partial charge in [-0.15, -0.1) is 11.3 Å². The van der Waals surface area contributed by atoms with E-state index in [1.807, 2.05) is 12.1 Å². The zero-order valence-corrected chi connectivity index (χ0v) is 13.5. The Kier molecular flexibility index (Phi) is 4.90. The van der Waals surface area contributed by atoms with E-state index in [1.165, 1.54) is 29.5 Å². The molecule has 0 aliphatic heterocycles. The van der Waals surface area contributed by atoms with E-state index in [0.717, 1.165) is 8.66 Å². The highest BCUT2D eigenvalue weighted by Crippen LogP contribution is 2.23. The highest BCUT2D eigenvalue weighted by Gasteiger charge is 2.05. The van der Waals surface area contributed by atoms with Gasteiger partial charge in [-0.25, -0.2) is 4.39 Å². The minimum absolute atomic E-state index is 0.158. The van der Waals surface area contributed by atoms with Gasteiger partial charge in [0.2, 0.25) is 5.91 Å². The second kappa shape index (κ2) is 6.45. The summed E-state index contributed by atoms with van der Waals surface area (Å²) in [7, 11) is 0. The maximum Gasteiger partial charge on any atom is 0.248 e. The normalized spacial score (nSPS) is 10.9. The molecule has 1 amide bonds. The number of amides is 1. The Morgan fingerprint density at radius 2 is 2.05 bits per heavy atom. The van der Waals surface area contributed by atoms with Crippen LogP contribution in [0.1, 0.15) is 4.88 Å². The molecule has 6 heteroatoms. The van der Waals surface area contributed by atoms with Crippen molar-refractivity contribution in [1.29, 1.82) is 0 Å². The summed E-state index contributed by atoms with van der Waals surface area (Å²) in [6.07, 6.45) is 3.06. The molecule has 98 valence electrons. The van der Waals surface area contributed by atoms with Gasteiger partial charge in [-0.2, -0.15) is 0 Å². The molecule has 1 heterocycles. The molecule has 1 aromatic heterocycles. The molecule has 0 bridgehead atoms. The number of benzene rings is 1. The van der Waals surface area contributed by atoms with Crippen LogP contribution in [0.4, 0.5) is 10.1 Å². The number of carbonyl (C=O) groups excluding carboxylic acids is 1. The summed E-state index contributed by atoms with van der Waals surface area (Å²) in [5, 5.41) is 2.49. The number of halogens is 3. The Hall–Kier alpha value is -0.980. The van der Waals surface area contributed by atoms with Crippen LogP contribution in [0, 0.1) is 5.82 Å². The third-order valence-electron chi connectivity index (χ3n) is 2.18. The van der Waals surface area contributed by atoms with Crippen molar-refractivity contribution in [3.8, 4) is 0 Å². The van der Waals surface area contributed by atoms with E-state index in [2.05, 4.69) is 37.2 Å². The molecule has 0 unspecified atom stereocenters. The Morgan fingerprint density at radius 3 is 2.68 bits per heavy atom. The summed E-state index contributed by atoms with van der Waals surface area (Å²) >= 11 is 8.01. The van der Waals surface area contributed by atoms with Gasteiger partial charge in [-0.1, -0.05) is 15.9 Å². The molecule has 2 aromatic rings. The standard InChI is InChI=1S/C13H8Br2FNOS/c14-8-1-4-11(10(16)7-8)17-13(18)6-3-9-2-5-12(15)19-9/h1-7H,(H,17,18). The van der Waals surface area contributed by atoms with Gasteiger partial charge >= 0.3 is 0 Å². The minimum Gasteiger partial charge on any atom is -0.320 e. The lowest BCUT2D eigenvalue weighted by Gasteiger charge is -2.03. The fraction of sp³-hybridized carbons (Fsp3) is 0. The predicted octanol–water partition coefficient (Wildman–Crippen LogP) is 5.06. The zero-order chi connectivity index (χ0) is 13.8. The van der Waals surface area contributed by atoms with Crippen LogP contribution in [0.3, 0.4) is 0 Å². The summed E-state index contributed by atoms with van der Waals surface area (Å²) in [5.41, 5.74) is 0.158. The summed E-state index contributed by atoms with van der Waals surface area (Å²) in [4.78, 5) is 12.6. The quantitative estimate of drug-likeness (QED) is 0.711. The molecule has 1 aromatic carbocycles. The molecule has 2 nitrogen and oxygen atoms in total. The van der Waals surface area contributed by atoms with E-state index in [4.69, 9.17) is 0 Å². The van der Waals surface area contributed by atoms with Gasteiger partial charge < -0.3 is 5.32 Å². The smallest absolute Gasteiger partial charge is 0.248 e. The van der Waals surface area contributed by atoms with Gasteiger partial charge in [-0.05, 0) is 52.3 Å². The molecule has 0 spiro atoms. The highest BCUT2D eigenvalue weighted by atomic mass is 79.9. The van der Waals surface area contributed by atoms with Crippen LogP contribution >= 0.6 is 43.2 Å². The first-order valence-electron chi connectivity index (χ1n) is 5.24. The molecular weight excluding hydrogens is 397 g/mol. The lowest BCUT2D eigenvalue weighted by atomic mass is 10.3. The summed E-state index contributed by atoms with van der Waals surface area (Å²) in [5.74, 6) is -0.847. The Balaban J connectivity index is 2.03. The molecule has 1 N–H and O–H groups in total. The first-order valence-corrected chi connectivity index (χ1v) is 7.64. The van der Waals surface area contributed by atoms with Gasteiger partial charge in [-0.3, -0.25) is 4.79 Å². The van der Waals surface area contributed by atoms with Gasteiger partial charge in [0.1, 0.15) is 5.82 Å². The number of anilines is 1. The van der Waals surface area contributed by atoms with Crippen molar-refractivity contribution >= 4 is 60.9 Å². The molecule has 0 atom stereocenters. The first-order chi connectivity index (χ1) is 9.04. The molecular formula is C13H8Br2FNOS. The Labute approximate surface area is 130 Å². The second-order valence-electron chi connectivity index (χ2n) is 3.59. The summed E-state index contributed by atoms with van der Waals surface area (Å²) in [6, 6.07) is 8.26. The van der Waals surface area contributed by atoms with Crippen molar-refractivity contribution in [3.05, 3.63) is 55.4 Å². The van der Waals surface area contributed by atoms with E-state index < -0.39 is 5.82 Å². The van der Waals surface area contributed by atoms with E-state index in [9.17, 15) is 9.18 Å². The van der Waals surface area contributed by atoms with E-state index >= 15 is 0 Å². The fourth-order valence-corrected chi connectivity index (χ4v) is 3.00. The van der Waals surface area contributed by atoms with E-state index in [0.29, 0.717) is 4.47 Å². The molecule has 0 fully saturated rings. The fourth-order valence-electron chi connectivity index (χ4n) is 1.34. The minimum atomic E-state index is -0.477. The van der Waals surface area contributed by atoms with Crippen molar-refractivity contribution in [1.82, 2.24) is 0 Å². The Bertz CT molecular complexity index is 639. The van der Waals surface area contributed by atoms with Crippen molar-refractivity contribution in [2.24, 2.45) is 0 Å². The largest absolute Gasteiger partial charge is 0.320 e. The average Bonchev–Trinajstić information content (AvgIpc) is 2.76. The second-order valence-corrected chi connectivity index (χ2v) is 7.00. The number of hydrogen-bond donors (Lipinski definition) is 1. The average molecular weight is 405 g/mol. The molecule has 19 heavy (non-hydrogen) atoms.